The van der Waals surface area contributed by atoms with Crippen molar-refractivity contribution < 1.29 is 13.2 Å². The summed E-state index contributed by atoms with van der Waals surface area (Å²) in [5.41, 5.74) is 0.403. The van der Waals surface area contributed by atoms with Crippen molar-refractivity contribution in [2.45, 2.75) is 6.18 Å². The fourth-order valence-corrected chi connectivity index (χ4v) is 1.34. The van der Waals surface area contributed by atoms with E-state index in [1.165, 1.54) is 6.07 Å². The van der Waals surface area contributed by atoms with Crippen molar-refractivity contribution in [3.8, 4) is 0 Å². The van der Waals surface area contributed by atoms with Gasteiger partial charge in [0, 0.05) is 11.8 Å². The van der Waals surface area contributed by atoms with Gasteiger partial charge in [0.15, 0.2) is 0 Å². The quantitative estimate of drug-likeness (QED) is 0.769. The molecule has 1 aromatic rings. The average Bonchev–Trinajstić information content (AvgIpc) is 2.85. The van der Waals surface area contributed by atoms with Gasteiger partial charge in [-0.05, 0) is 12.1 Å². The predicted octanol–water partition coefficient (Wildman–Crippen LogP) is 3.26. The second kappa shape index (κ2) is 2.92. The number of hydrogen-bond donors (Lipinski definition) is 1. The van der Waals surface area contributed by atoms with Crippen LogP contribution in [0.3, 0.4) is 0 Å². The normalized spacial score (nSPS) is 14.7. The molecule has 0 aromatic heterocycles. The Labute approximate surface area is 83.2 Å². The molecule has 0 atom stereocenters. The zero-order valence-electron chi connectivity index (χ0n) is 6.82. The van der Waals surface area contributed by atoms with Gasteiger partial charge in [0.05, 0.1) is 16.3 Å². The van der Waals surface area contributed by atoms with Crippen molar-refractivity contribution in [1.29, 1.82) is 0 Å². The largest absolute Gasteiger partial charge is 0.417 e. The standard InChI is InChI=1S/C9H5ClF3N/c10-7-2-1-5(8-4-14-8)3-6(7)9(11,12)13/h1-4,14H. The summed E-state index contributed by atoms with van der Waals surface area (Å²) in [5.74, 6) is 0. The molecule has 1 aliphatic heterocycles. The van der Waals surface area contributed by atoms with Gasteiger partial charge >= 0.3 is 6.18 Å². The summed E-state index contributed by atoms with van der Waals surface area (Å²) in [7, 11) is 0. The first-order valence-corrected chi connectivity index (χ1v) is 4.20. The smallest absolute Gasteiger partial charge is 0.358 e. The summed E-state index contributed by atoms with van der Waals surface area (Å²) in [6, 6.07) is 3.83. The van der Waals surface area contributed by atoms with Crippen molar-refractivity contribution in [1.82, 2.24) is 5.32 Å². The fraction of sp³-hybridized carbons (Fsp3) is 0.111. The van der Waals surface area contributed by atoms with E-state index in [9.17, 15) is 13.2 Å². The number of nitrogens with one attached hydrogen (secondary N) is 1. The maximum absolute atomic E-state index is 12.4. The van der Waals surface area contributed by atoms with Crippen LogP contribution in [0.25, 0.3) is 5.70 Å². The van der Waals surface area contributed by atoms with Crippen LogP contribution in [0.4, 0.5) is 13.2 Å². The Balaban J connectivity index is 2.47. The first-order valence-electron chi connectivity index (χ1n) is 3.82. The summed E-state index contributed by atoms with van der Waals surface area (Å²) < 4.78 is 37.2. The molecule has 1 aromatic carbocycles. The van der Waals surface area contributed by atoms with Crippen molar-refractivity contribution in [2.24, 2.45) is 0 Å². The Morgan fingerprint density at radius 1 is 1.21 bits per heavy atom. The van der Waals surface area contributed by atoms with E-state index in [1.54, 1.807) is 12.3 Å². The van der Waals surface area contributed by atoms with Crippen LogP contribution < -0.4 is 5.32 Å². The van der Waals surface area contributed by atoms with Gasteiger partial charge in [-0.3, -0.25) is 0 Å². The predicted molar refractivity (Wildman–Crippen MR) is 47.6 cm³/mol. The maximum Gasteiger partial charge on any atom is 0.417 e. The number of rotatable bonds is 1. The lowest BCUT2D eigenvalue weighted by molar-refractivity contribution is -0.137. The molecule has 0 amide bonds. The highest BCUT2D eigenvalue weighted by Gasteiger charge is 2.33. The molecule has 74 valence electrons. The molecule has 0 aliphatic carbocycles. The molecule has 0 spiro atoms. The Morgan fingerprint density at radius 2 is 1.86 bits per heavy atom. The third-order valence-corrected chi connectivity index (χ3v) is 2.20. The second-order valence-corrected chi connectivity index (χ2v) is 3.30. The molecule has 0 saturated heterocycles. The molecule has 1 N–H and O–H groups in total. The van der Waals surface area contributed by atoms with Crippen LogP contribution in [0.2, 0.25) is 5.02 Å². The second-order valence-electron chi connectivity index (χ2n) is 2.89. The third-order valence-electron chi connectivity index (χ3n) is 1.87. The average molecular weight is 220 g/mol. The van der Waals surface area contributed by atoms with Crippen molar-refractivity contribution >= 4 is 17.3 Å². The highest BCUT2D eigenvalue weighted by Crippen LogP contribution is 2.36. The monoisotopic (exact) mass is 219 g/mol. The van der Waals surface area contributed by atoms with E-state index in [-0.39, 0.29) is 5.02 Å². The van der Waals surface area contributed by atoms with Gasteiger partial charge in [-0.1, -0.05) is 17.7 Å². The Hall–Kier alpha value is -1.16. The number of halogens is 4. The molecular weight excluding hydrogens is 215 g/mol. The van der Waals surface area contributed by atoms with E-state index in [0.717, 1.165) is 6.07 Å². The number of alkyl halides is 3. The van der Waals surface area contributed by atoms with Crippen LogP contribution in [-0.2, 0) is 6.18 Å². The molecule has 14 heavy (non-hydrogen) atoms. The minimum Gasteiger partial charge on any atom is -0.358 e. The molecule has 1 aliphatic rings. The zero-order valence-corrected chi connectivity index (χ0v) is 7.58. The van der Waals surface area contributed by atoms with Gasteiger partial charge in [-0.15, -0.1) is 0 Å². The van der Waals surface area contributed by atoms with Gasteiger partial charge in [0.25, 0.3) is 0 Å². The van der Waals surface area contributed by atoms with Crippen LogP contribution in [0.15, 0.2) is 24.4 Å². The summed E-state index contributed by atoms with van der Waals surface area (Å²) >= 11 is 5.45. The lowest BCUT2D eigenvalue weighted by atomic mass is 10.1. The van der Waals surface area contributed by atoms with Crippen LogP contribution in [-0.4, -0.2) is 0 Å². The maximum atomic E-state index is 12.4. The minimum absolute atomic E-state index is 0.275. The van der Waals surface area contributed by atoms with Gasteiger partial charge in [-0.2, -0.15) is 13.2 Å². The van der Waals surface area contributed by atoms with Crippen LogP contribution in [0.5, 0.6) is 0 Å². The molecule has 0 saturated carbocycles. The van der Waals surface area contributed by atoms with Gasteiger partial charge < -0.3 is 5.32 Å². The van der Waals surface area contributed by atoms with Crippen LogP contribution >= 0.6 is 11.6 Å². The molecular formula is C9H5ClF3N. The zero-order chi connectivity index (χ0) is 10.3. The van der Waals surface area contributed by atoms with E-state index in [2.05, 4.69) is 5.32 Å². The van der Waals surface area contributed by atoms with Crippen molar-refractivity contribution in [2.75, 3.05) is 0 Å². The molecule has 1 heterocycles. The van der Waals surface area contributed by atoms with Gasteiger partial charge in [0.2, 0.25) is 0 Å². The lowest BCUT2D eigenvalue weighted by Gasteiger charge is -2.09. The van der Waals surface area contributed by atoms with E-state index in [0.29, 0.717) is 11.3 Å². The molecule has 0 fully saturated rings. The molecule has 2 rings (SSSR count). The van der Waals surface area contributed by atoms with Crippen molar-refractivity contribution in [3.63, 3.8) is 0 Å². The summed E-state index contributed by atoms with van der Waals surface area (Å²) in [6.45, 7) is 0. The molecule has 0 unspecified atom stereocenters. The van der Waals surface area contributed by atoms with Crippen LogP contribution in [0.1, 0.15) is 11.1 Å². The summed E-state index contributed by atoms with van der Waals surface area (Å²) in [6.07, 6.45) is -2.77. The van der Waals surface area contributed by atoms with E-state index >= 15 is 0 Å². The molecule has 5 heteroatoms. The van der Waals surface area contributed by atoms with E-state index in [1.807, 2.05) is 0 Å². The van der Waals surface area contributed by atoms with E-state index in [4.69, 9.17) is 11.6 Å². The first kappa shape index (κ1) is 9.40. The number of benzene rings is 1. The minimum atomic E-state index is -4.40. The highest BCUT2D eigenvalue weighted by molar-refractivity contribution is 6.31. The van der Waals surface area contributed by atoms with E-state index < -0.39 is 11.7 Å². The fourth-order valence-electron chi connectivity index (χ4n) is 1.11. The third kappa shape index (κ3) is 1.70. The van der Waals surface area contributed by atoms with Gasteiger partial charge in [0.1, 0.15) is 0 Å². The Bertz CT molecular complexity index is 409. The Kier molecular flexibility index (Phi) is 1.96. The van der Waals surface area contributed by atoms with Crippen LogP contribution in [0, 0.1) is 0 Å². The molecule has 0 bridgehead atoms. The SMILES string of the molecule is FC(F)(F)c1cc(C2=CN2)ccc1Cl. The first-order chi connectivity index (χ1) is 6.48. The molecule has 1 nitrogen and oxygen atoms in total. The van der Waals surface area contributed by atoms with Crippen molar-refractivity contribution in [3.05, 3.63) is 40.5 Å². The lowest BCUT2D eigenvalue weighted by Crippen LogP contribution is -2.06. The number of hydrogen-bond acceptors (Lipinski definition) is 1. The van der Waals surface area contributed by atoms with Gasteiger partial charge in [-0.25, -0.2) is 0 Å². The molecule has 0 radical (unpaired) electrons. The Morgan fingerprint density at radius 3 is 2.36 bits per heavy atom. The summed E-state index contributed by atoms with van der Waals surface area (Å²) in [4.78, 5) is 0. The summed E-state index contributed by atoms with van der Waals surface area (Å²) in [5, 5.41) is 2.45. The topological polar surface area (TPSA) is 21.9 Å². The highest BCUT2D eigenvalue weighted by atomic mass is 35.5.